The van der Waals surface area contributed by atoms with Gasteiger partial charge < -0.3 is 0 Å². The Kier molecular flexibility index (Phi) is 4.57. The molecule has 1 aromatic heterocycles. The maximum Gasteiger partial charge on any atom is 0.210 e. The van der Waals surface area contributed by atoms with Crippen LogP contribution in [0.25, 0.3) is 0 Å². The van der Waals surface area contributed by atoms with Gasteiger partial charge in [0.05, 0.1) is 12.3 Å². The molecular weight excluding hydrogens is 274 g/mol. The van der Waals surface area contributed by atoms with Gasteiger partial charge in [0, 0.05) is 26.0 Å². The van der Waals surface area contributed by atoms with E-state index >= 15 is 0 Å². The first-order valence-electron chi connectivity index (χ1n) is 6.44. The second kappa shape index (κ2) is 6.19. The Morgan fingerprint density at radius 1 is 1.25 bits per heavy atom. The van der Waals surface area contributed by atoms with Gasteiger partial charge >= 0.3 is 0 Å². The molecular formula is C14H19N3O2S. The molecule has 0 saturated heterocycles. The third-order valence-electron chi connectivity index (χ3n) is 3.31. The van der Waals surface area contributed by atoms with Crippen molar-refractivity contribution in [3.63, 3.8) is 0 Å². The smallest absolute Gasteiger partial charge is 0.210 e. The van der Waals surface area contributed by atoms with Gasteiger partial charge in [-0.25, -0.2) is 12.7 Å². The molecule has 5 nitrogen and oxygen atoms in total. The fourth-order valence-electron chi connectivity index (χ4n) is 2.06. The van der Waals surface area contributed by atoms with Crippen LogP contribution in [0.2, 0.25) is 0 Å². The minimum absolute atomic E-state index is 0.0374. The highest BCUT2D eigenvalue weighted by Gasteiger charge is 2.17. The fourth-order valence-corrected chi connectivity index (χ4v) is 2.50. The van der Waals surface area contributed by atoms with Gasteiger partial charge in [0.1, 0.15) is 0 Å². The number of hydrogen-bond acceptors (Lipinski definition) is 3. The van der Waals surface area contributed by atoms with Crippen LogP contribution in [0, 0.1) is 0 Å². The van der Waals surface area contributed by atoms with Gasteiger partial charge in [-0.2, -0.15) is 5.10 Å². The molecule has 20 heavy (non-hydrogen) atoms. The summed E-state index contributed by atoms with van der Waals surface area (Å²) in [4.78, 5) is 0. The summed E-state index contributed by atoms with van der Waals surface area (Å²) >= 11 is 0. The monoisotopic (exact) mass is 293 g/mol. The van der Waals surface area contributed by atoms with Crippen molar-refractivity contribution >= 4 is 10.0 Å². The summed E-state index contributed by atoms with van der Waals surface area (Å²) in [6.45, 7) is 0.457. The first-order valence-corrected chi connectivity index (χ1v) is 8.28. The quantitative estimate of drug-likeness (QED) is 0.815. The van der Waals surface area contributed by atoms with E-state index in [0.29, 0.717) is 13.0 Å². The number of hydrogen-bond donors (Lipinski definition) is 0. The molecule has 0 amide bonds. The van der Waals surface area contributed by atoms with Gasteiger partial charge in [0.2, 0.25) is 10.0 Å². The summed E-state index contributed by atoms with van der Waals surface area (Å²) in [6, 6.07) is 11.9. The van der Waals surface area contributed by atoms with E-state index in [-0.39, 0.29) is 6.04 Å². The van der Waals surface area contributed by atoms with Crippen LogP contribution in [0.5, 0.6) is 0 Å². The molecule has 0 N–H and O–H groups in total. The van der Waals surface area contributed by atoms with Gasteiger partial charge in [0.15, 0.2) is 0 Å². The summed E-state index contributed by atoms with van der Waals surface area (Å²) in [6.07, 6.45) is 5.53. The van der Waals surface area contributed by atoms with E-state index in [4.69, 9.17) is 0 Å². The van der Waals surface area contributed by atoms with Gasteiger partial charge in [-0.05, 0) is 18.1 Å². The number of benzene rings is 1. The largest absolute Gasteiger partial charge is 0.265 e. The van der Waals surface area contributed by atoms with E-state index < -0.39 is 10.0 Å². The average molecular weight is 293 g/mol. The average Bonchev–Trinajstić information content (AvgIpc) is 2.93. The zero-order valence-corrected chi connectivity index (χ0v) is 12.5. The minimum Gasteiger partial charge on any atom is -0.265 e. The van der Waals surface area contributed by atoms with Crippen LogP contribution in [0.3, 0.4) is 0 Å². The molecule has 6 heteroatoms. The SMILES string of the molecule is CN(CCC(c1ccccc1)n1cccn1)S(C)(=O)=O. The van der Waals surface area contributed by atoms with Gasteiger partial charge in [-0.1, -0.05) is 30.3 Å². The van der Waals surface area contributed by atoms with Crippen molar-refractivity contribution in [2.75, 3.05) is 19.8 Å². The van der Waals surface area contributed by atoms with Crippen molar-refractivity contribution in [1.29, 1.82) is 0 Å². The third kappa shape index (κ3) is 3.68. The zero-order valence-electron chi connectivity index (χ0n) is 11.7. The van der Waals surface area contributed by atoms with Crippen LogP contribution in [0.1, 0.15) is 18.0 Å². The molecule has 0 aliphatic heterocycles. The van der Waals surface area contributed by atoms with Crippen LogP contribution >= 0.6 is 0 Å². The maximum atomic E-state index is 11.5. The summed E-state index contributed by atoms with van der Waals surface area (Å²) < 4.78 is 26.2. The summed E-state index contributed by atoms with van der Waals surface area (Å²) in [7, 11) is -1.55. The highest BCUT2D eigenvalue weighted by atomic mass is 32.2. The highest BCUT2D eigenvalue weighted by molar-refractivity contribution is 7.88. The summed E-state index contributed by atoms with van der Waals surface area (Å²) in [5.41, 5.74) is 1.12. The summed E-state index contributed by atoms with van der Waals surface area (Å²) in [5.74, 6) is 0. The van der Waals surface area contributed by atoms with E-state index in [9.17, 15) is 8.42 Å². The molecule has 0 radical (unpaired) electrons. The molecule has 1 aromatic carbocycles. The molecule has 1 heterocycles. The normalized spacial score (nSPS) is 13.6. The van der Waals surface area contributed by atoms with E-state index in [2.05, 4.69) is 5.10 Å². The lowest BCUT2D eigenvalue weighted by Crippen LogP contribution is -2.28. The Morgan fingerprint density at radius 2 is 1.95 bits per heavy atom. The zero-order chi connectivity index (χ0) is 14.6. The lowest BCUT2D eigenvalue weighted by Gasteiger charge is -2.21. The van der Waals surface area contributed by atoms with Crippen LogP contribution < -0.4 is 0 Å². The Hall–Kier alpha value is -1.66. The van der Waals surface area contributed by atoms with Gasteiger partial charge in [0.25, 0.3) is 0 Å². The number of rotatable bonds is 6. The molecule has 0 fully saturated rings. The van der Waals surface area contributed by atoms with Crippen molar-refractivity contribution in [3.05, 3.63) is 54.4 Å². The molecule has 2 rings (SSSR count). The van der Waals surface area contributed by atoms with Gasteiger partial charge in [-0.15, -0.1) is 0 Å². The fraction of sp³-hybridized carbons (Fsp3) is 0.357. The first kappa shape index (κ1) is 14.7. The van der Waals surface area contributed by atoms with Crippen LogP contribution in [0.15, 0.2) is 48.8 Å². The minimum atomic E-state index is -3.15. The van der Waals surface area contributed by atoms with Crippen molar-refractivity contribution in [2.45, 2.75) is 12.5 Å². The van der Waals surface area contributed by atoms with E-state index in [0.717, 1.165) is 5.56 Å². The van der Waals surface area contributed by atoms with E-state index in [1.807, 2.05) is 47.3 Å². The third-order valence-corrected chi connectivity index (χ3v) is 4.63. The van der Waals surface area contributed by atoms with Crippen molar-refractivity contribution in [3.8, 4) is 0 Å². The van der Waals surface area contributed by atoms with Crippen LogP contribution in [-0.2, 0) is 10.0 Å². The number of aromatic nitrogens is 2. The first-order chi connectivity index (χ1) is 9.48. The maximum absolute atomic E-state index is 11.5. The molecule has 1 unspecified atom stereocenters. The molecule has 0 aliphatic carbocycles. The van der Waals surface area contributed by atoms with Crippen molar-refractivity contribution in [2.24, 2.45) is 0 Å². The van der Waals surface area contributed by atoms with E-state index in [1.54, 1.807) is 13.2 Å². The Balaban J connectivity index is 2.17. The molecule has 0 saturated carbocycles. The number of sulfonamides is 1. The van der Waals surface area contributed by atoms with Crippen molar-refractivity contribution in [1.82, 2.24) is 14.1 Å². The number of nitrogens with zero attached hydrogens (tertiary/aromatic N) is 3. The topological polar surface area (TPSA) is 55.2 Å². The van der Waals surface area contributed by atoms with Crippen LogP contribution in [-0.4, -0.2) is 42.4 Å². The second-order valence-corrected chi connectivity index (χ2v) is 6.88. The Bertz CT molecular complexity index is 624. The second-order valence-electron chi connectivity index (χ2n) is 4.79. The van der Waals surface area contributed by atoms with Crippen molar-refractivity contribution < 1.29 is 8.42 Å². The molecule has 108 valence electrons. The predicted molar refractivity (Wildman–Crippen MR) is 78.9 cm³/mol. The molecule has 1 atom stereocenters. The lowest BCUT2D eigenvalue weighted by molar-refractivity contribution is 0.409. The summed E-state index contributed by atoms with van der Waals surface area (Å²) in [5, 5.41) is 4.28. The van der Waals surface area contributed by atoms with E-state index in [1.165, 1.54) is 10.6 Å². The Morgan fingerprint density at radius 3 is 2.50 bits per heavy atom. The van der Waals surface area contributed by atoms with Crippen LogP contribution in [0.4, 0.5) is 0 Å². The lowest BCUT2D eigenvalue weighted by atomic mass is 10.0. The predicted octanol–water partition coefficient (Wildman–Crippen LogP) is 1.75. The van der Waals surface area contributed by atoms with Gasteiger partial charge in [-0.3, -0.25) is 4.68 Å². The highest BCUT2D eigenvalue weighted by Crippen LogP contribution is 2.21. The standard InChI is InChI=1S/C14H19N3O2S/c1-16(20(2,18)19)12-9-14(17-11-6-10-15-17)13-7-4-3-5-8-13/h3-8,10-11,14H,9,12H2,1-2H3. The Labute approximate surface area is 119 Å². The molecule has 0 bridgehead atoms. The molecule has 0 spiro atoms. The molecule has 2 aromatic rings. The molecule has 0 aliphatic rings.